The molecule has 4 nitrogen and oxygen atoms in total. The molecule has 4 heteroatoms. The molecule has 0 saturated carbocycles. The molecular formula is C12H9N3O. The fraction of sp³-hybridized carbons (Fsp3) is 0. The Morgan fingerprint density at radius 2 is 2.12 bits per heavy atom. The minimum atomic E-state index is 0.379. The normalized spacial score (nSPS) is 9.44. The van der Waals surface area contributed by atoms with E-state index in [4.69, 9.17) is 15.7 Å². The first-order valence-electron chi connectivity index (χ1n) is 4.67. The van der Waals surface area contributed by atoms with Gasteiger partial charge in [-0.15, -0.1) is 0 Å². The number of nitrogen functional groups attached to an aromatic ring is 1. The predicted molar refractivity (Wildman–Crippen MR) is 59.9 cm³/mol. The van der Waals surface area contributed by atoms with Crippen LogP contribution in [0.3, 0.4) is 0 Å². The molecule has 1 aromatic heterocycles. The lowest BCUT2D eigenvalue weighted by Gasteiger charge is -2.04. The van der Waals surface area contributed by atoms with Crippen LogP contribution in [0.1, 0.15) is 5.56 Å². The number of anilines is 1. The molecule has 0 radical (unpaired) electrons. The Morgan fingerprint density at radius 3 is 2.88 bits per heavy atom. The minimum absolute atomic E-state index is 0.379. The molecule has 1 aromatic carbocycles. The summed E-state index contributed by atoms with van der Waals surface area (Å²) in [5.74, 6) is 0.979. The fourth-order valence-electron chi connectivity index (χ4n) is 1.23. The van der Waals surface area contributed by atoms with Gasteiger partial charge in [-0.05, 0) is 18.2 Å². The van der Waals surface area contributed by atoms with Crippen LogP contribution in [0.5, 0.6) is 11.6 Å². The van der Waals surface area contributed by atoms with E-state index in [0.29, 0.717) is 22.9 Å². The number of benzene rings is 1. The number of aromatic nitrogens is 1. The van der Waals surface area contributed by atoms with Crippen molar-refractivity contribution in [1.82, 2.24) is 4.98 Å². The van der Waals surface area contributed by atoms with Gasteiger partial charge in [0.05, 0.1) is 11.6 Å². The van der Waals surface area contributed by atoms with E-state index in [9.17, 15) is 0 Å². The summed E-state index contributed by atoms with van der Waals surface area (Å²) in [6.45, 7) is 0. The lowest BCUT2D eigenvalue weighted by molar-refractivity contribution is 0.463. The first-order chi connectivity index (χ1) is 7.78. The van der Waals surface area contributed by atoms with Gasteiger partial charge in [-0.1, -0.05) is 6.07 Å². The highest BCUT2D eigenvalue weighted by atomic mass is 16.5. The molecule has 0 aliphatic rings. The third-order valence-corrected chi connectivity index (χ3v) is 1.94. The topological polar surface area (TPSA) is 71.9 Å². The second kappa shape index (κ2) is 4.32. The number of nitriles is 1. The van der Waals surface area contributed by atoms with Crippen LogP contribution in [-0.2, 0) is 0 Å². The summed E-state index contributed by atoms with van der Waals surface area (Å²) >= 11 is 0. The Bertz CT molecular complexity index is 546. The SMILES string of the molecule is N#Cc1ccnc(Oc2cccc(N)c2)c1. The van der Waals surface area contributed by atoms with Crippen LogP contribution in [0.25, 0.3) is 0 Å². The lowest BCUT2D eigenvalue weighted by Crippen LogP contribution is -1.90. The van der Waals surface area contributed by atoms with Crippen LogP contribution in [0.4, 0.5) is 5.69 Å². The van der Waals surface area contributed by atoms with Crippen molar-refractivity contribution in [2.24, 2.45) is 0 Å². The average molecular weight is 211 g/mol. The summed E-state index contributed by atoms with van der Waals surface area (Å²) in [4.78, 5) is 4.00. The minimum Gasteiger partial charge on any atom is -0.439 e. The van der Waals surface area contributed by atoms with Gasteiger partial charge >= 0.3 is 0 Å². The summed E-state index contributed by atoms with van der Waals surface area (Å²) in [5.41, 5.74) is 6.74. The van der Waals surface area contributed by atoms with E-state index in [1.54, 1.807) is 36.4 Å². The zero-order valence-electron chi connectivity index (χ0n) is 8.42. The number of pyridine rings is 1. The monoisotopic (exact) mass is 211 g/mol. The van der Waals surface area contributed by atoms with Crippen molar-refractivity contribution < 1.29 is 4.74 Å². The number of ether oxygens (including phenoxy) is 1. The van der Waals surface area contributed by atoms with Crippen molar-refractivity contribution in [3.8, 4) is 17.7 Å². The second-order valence-electron chi connectivity index (χ2n) is 3.17. The van der Waals surface area contributed by atoms with Crippen molar-refractivity contribution in [2.45, 2.75) is 0 Å². The van der Waals surface area contributed by atoms with Crippen LogP contribution >= 0.6 is 0 Å². The van der Waals surface area contributed by atoms with Gasteiger partial charge in [0.1, 0.15) is 5.75 Å². The summed E-state index contributed by atoms with van der Waals surface area (Å²) in [5, 5.41) is 8.72. The Hall–Kier alpha value is -2.54. The highest BCUT2D eigenvalue weighted by molar-refractivity contribution is 5.45. The van der Waals surface area contributed by atoms with Crippen molar-refractivity contribution in [2.75, 3.05) is 5.73 Å². The van der Waals surface area contributed by atoms with Gasteiger partial charge in [0, 0.05) is 24.0 Å². The number of hydrogen-bond acceptors (Lipinski definition) is 4. The summed E-state index contributed by atoms with van der Waals surface area (Å²) in [6, 6.07) is 12.2. The third kappa shape index (κ3) is 2.28. The van der Waals surface area contributed by atoms with Crippen molar-refractivity contribution in [1.29, 1.82) is 5.26 Å². The van der Waals surface area contributed by atoms with Gasteiger partial charge in [0.15, 0.2) is 0 Å². The van der Waals surface area contributed by atoms with Crippen molar-refractivity contribution >= 4 is 5.69 Å². The number of nitrogens with two attached hydrogens (primary N) is 1. The van der Waals surface area contributed by atoms with Crippen LogP contribution in [0.15, 0.2) is 42.6 Å². The molecule has 0 aliphatic carbocycles. The first-order valence-corrected chi connectivity index (χ1v) is 4.67. The summed E-state index contributed by atoms with van der Waals surface area (Å²) in [7, 11) is 0. The fourth-order valence-corrected chi connectivity index (χ4v) is 1.23. The molecule has 1 heterocycles. The summed E-state index contributed by atoms with van der Waals surface area (Å²) < 4.78 is 5.46. The van der Waals surface area contributed by atoms with E-state index >= 15 is 0 Å². The second-order valence-corrected chi connectivity index (χ2v) is 3.17. The van der Waals surface area contributed by atoms with Crippen LogP contribution in [0.2, 0.25) is 0 Å². The maximum absolute atomic E-state index is 8.72. The molecule has 16 heavy (non-hydrogen) atoms. The van der Waals surface area contributed by atoms with Gasteiger partial charge in [0.25, 0.3) is 0 Å². The number of hydrogen-bond donors (Lipinski definition) is 1. The van der Waals surface area contributed by atoms with Crippen LogP contribution < -0.4 is 10.5 Å². The molecule has 0 aliphatic heterocycles. The number of rotatable bonds is 2. The maximum Gasteiger partial charge on any atom is 0.220 e. The lowest BCUT2D eigenvalue weighted by atomic mass is 10.3. The largest absolute Gasteiger partial charge is 0.439 e. The molecule has 0 atom stereocenters. The van der Waals surface area contributed by atoms with E-state index in [2.05, 4.69) is 4.98 Å². The van der Waals surface area contributed by atoms with Crippen molar-refractivity contribution in [3.63, 3.8) is 0 Å². The molecule has 0 bridgehead atoms. The Morgan fingerprint density at radius 1 is 1.25 bits per heavy atom. The van der Waals surface area contributed by atoms with E-state index in [-0.39, 0.29) is 0 Å². The van der Waals surface area contributed by atoms with Crippen molar-refractivity contribution in [3.05, 3.63) is 48.2 Å². The number of nitrogens with zero attached hydrogens (tertiary/aromatic N) is 2. The molecular weight excluding hydrogens is 202 g/mol. The molecule has 78 valence electrons. The van der Waals surface area contributed by atoms with E-state index in [1.807, 2.05) is 6.07 Å². The molecule has 2 aromatic rings. The van der Waals surface area contributed by atoms with Gasteiger partial charge in [-0.3, -0.25) is 0 Å². The molecule has 2 N–H and O–H groups in total. The average Bonchev–Trinajstić information content (AvgIpc) is 2.29. The van der Waals surface area contributed by atoms with Gasteiger partial charge in [0.2, 0.25) is 5.88 Å². The quantitative estimate of drug-likeness (QED) is 0.774. The molecule has 0 saturated heterocycles. The third-order valence-electron chi connectivity index (χ3n) is 1.94. The predicted octanol–water partition coefficient (Wildman–Crippen LogP) is 2.33. The Labute approximate surface area is 92.9 Å². The van der Waals surface area contributed by atoms with Gasteiger partial charge in [-0.25, -0.2) is 4.98 Å². The highest BCUT2D eigenvalue weighted by Gasteiger charge is 2.00. The molecule has 0 unspecified atom stereocenters. The molecule has 0 spiro atoms. The zero-order valence-corrected chi connectivity index (χ0v) is 8.42. The van der Waals surface area contributed by atoms with Gasteiger partial charge < -0.3 is 10.5 Å². The summed E-state index contributed by atoms with van der Waals surface area (Å²) in [6.07, 6.45) is 1.53. The van der Waals surface area contributed by atoms with E-state index in [0.717, 1.165) is 0 Å². The van der Waals surface area contributed by atoms with Gasteiger partial charge in [-0.2, -0.15) is 5.26 Å². The molecule has 2 rings (SSSR count). The first kappa shape index (κ1) is 9.99. The molecule has 0 amide bonds. The smallest absolute Gasteiger partial charge is 0.220 e. The van der Waals surface area contributed by atoms with Crippen LogP contribution in [0, 0.1) is 11.3 Å². The Kier molecular flexibility index (Phi) is 2.70. The van der Waals surface area contributed by atoms with E-state index < -0.39 is 0 Å². The Balaban J connectivity index is 2.24. The maximum atomic E-state index is 8.72. The van der Waals surface area contributed by atoms with E-state index in [1.165, 1.54) is 6.20 Å². The highest BCUT2D eigenvalue weighted by Crippen LogP contribution is 2.21. The molecule has 0 fully saturated rings. The van der Waals surface area contributed by atoms with Crippen LogP contribution in [-0.4, -0.2) is 4.98 Å². The standard InChI is InChI=1S/C12H9N3O/c13-8-9-4-5-15-12(6-9)16-11-3-1-2-10(14)7-11/h1-7H,14H2. The zero-order chi connectivity index (χ0) is 11.4.